The maximum atomic E-state index is 11.9. The number of methoxy groups -OCH3 is 1. The third-order valence-corrected chi connectivity index (χ3v) is 3.19. The molecule has 2 aromatic rings. The van der Waals surface area contributed by atoms with Crippen molar-refractivity contribution in [1.29, 1.82) is 5.26 Å². The number of hydrogen-bond donors (Lipinski definition) is 0. The summed E-state index contributed by atoms with van der Waals surface area (Å²) in [6.45, 7) is 0. The molecule has 6 heteroatoms. The van der Waals surface area contributed by atoms with E-state index in [4.69, 9.17) is 10.00 Å². The van der Waals surface area contributed by atoms with Gasteiger partial charge in [0, 0.05) is 11.1 Å². The summed E-state index contributed by atoms with van der Waals surface area (Å²) in [5.41, 5.74) is 1.08. The quantitative estimate of drug-likeness (QED) is 0.491. The van der Waals surface area contributed by atoms with Gasteiger partial charge in [-0.25, -0.2) is 4.79 Å². The molecule has 0 saturated carbocycles. The van der Waals surface area contributed by atoms with Gasteiger partial charge in [0.15, 0.2) is 0 Å². The summed E-state index contributed by atoms with van der Waals surface area (Å²) in [5, 5.41) is 20.2. The number of nitro groups is 1. The fourth-order valence-electron chi connectivity index (χ4n) is 2.26. The average Bonchev–Trinajstić information content (AvgIpc) is 2.54. The first-order valence-corrected chi connectivity index (χ1v) is 6.41. The number of nitro benzene ring substituents is 1. The second-order valence-corrected chi connectivity index (χ2v) is 4.44. The Hall–Kier alpha value is -3.20. The lowest BCUT2D eigenvalue weighted by molar-refractivity contribution is -0.384. The van der Waals surface area contributed by atoms with Gasteiger partial charge in [0.05, 0.1) is 35.7 Å². The van der Waals surface area contributed by atoms with Crippen LogP contribution in [0.25, 0.3) is 11.1 Å². The molecule has 0 aliphatic carbocycles. The number of nitrogens with zero attached hydrogens (tertiary/aromatic N) is 2. The Morgan fingerprint density at radius 3 is 2.55 bits per heavy atom. The molecule has 0 fully saturated rings. The fourth-order valence-corrected chi connectivity index (χ4v) is 2.26. The van der Waals surface area contributed by atoms with Crippen molar-refractivity contribution in [3.05, 3.63) is 63.7 Å². The zero-order valence-electron chi connectivity index (χ0n) is 11.8. The van der Waals surface area contributed by atoms with Crippen LogP contribution in [0.4, 0.5) is 5.69 Å². The monoisotopic (exact) mass is 296 g/mol. The molecular formula is C16H12N2O4. The second-order valence-electron chi connectivity index (χ2n) is 4.44. The SMILES string of the molecule is COC(=O)c1ccccc1-c1cccc(CC#N)c1[N+](=O)[O-]. The lowest BCUT2D eigenvalue weighted by Gasteiger charge is -2.10. The molecule has 0 heterocycles. The number of benzene rings is 2. The zero-order chi connectivity index (χ0) is 16.1. The van der Waals surface area contributed by atoms with Gasteiger partial charge in [0.25, 0.3) is 5.69 Å². The minimum absolute atomic E-state index is 0.0788. The van der Waals surface area contributed by atoms with Gasteiger partial charge in [0.2, 0.25) is 0 Å². The number of nitriles is 1. The average molecular weight is 296 g/mol. The van der Waals surface area contributed by atoms with Gasteiger partial charge in [0.1, 0.15) is 0 Å². The molecule has 110 valence electrons. The molecule has 6 nitrogen and oxygen atoms in total. The molecule has 0 saturated heterocycles. The van der Waals surface area contributed by atoms with Crippen LogP contribution in [0, 0.1) is 21.4 Å². The highest BCUT2D eigenvalue weighted by molar-refractivity contribution is 5.98. The van der Waals surface area contributed by atoms with Crippen LogP contribution in [-0.4, -0.2) is 18.0 Å². The van der Waals surface area contributed by atoms with Crippen molar-refractivity contribution in [1.82, 2.24) is 0 Å². The van der Waals surface area contributed by atoms with Crippen LogP contribution in [0.5, 0.6) is 0 Å². The molecular weight excluding hydrogens is 284 g/mol. The Balaban J connectivity index is 2.74. The molecule has 0 aliphatic rings. The summed E-state index contributed by atoms with van der Waals surface area (Å²) in [5.74, 6) is -0.574. The van der Waals surface area contributed by atoms with E-state index in [2.05, 4.69) is 0 Å². The van der Waals surface area contributed by atoms with Crippen LogP contribution >= 0.6 is 0 Å². The van der Waals surface area contributed by atoms with Crippen LogP contribution < -0.4 is 0 Å². The number of para-hydroxylation sites is 1. The van der Waals surface area contributed by atoms with Crippen molar-refractivity contribution in [2.24, 2.45) is 0 Å². The molecule has 0 N–H and O–H groups in total. The predicted molar refractivity (Wildman–Crippen MR) is 79.2 cm³/mol. The lowest BCUT2D eigenvalue weighted by atomic mass is 9.95. The zero-order valence-corrected chi connectivity index (χ0v) is 11.8. The Kier molecular flexibility index (Phi) is 4.49. The van der Waals surface area contributed by atoms with E-state index >= 15 is 0 Å². The first-order valence-electron chi connectivity index (χ1n) is 6.41. The molecule has 2 aromatic carbocycles. The van der Waals surface area contributed by atoms with E-state index in [1.807, 2.05) is 6.07 Å². The minimum Gasteiger partial charge on any atom is -0.465 e. The van der Waals surface area contributed by atoms with Crippen LogP contribution in [-0.2, 0) is 11.2 Å². The molecule has 0 aliphatic heterocycles. The van der Waals surface area contributed by atoms with Crippen LogP contribution in [0.15, 0.2) is 42.5 Å². The van der Waals surface area contributed by atoms with E-state index in [0.29, 0.717) is 16.7 Å². The van der Waals surface area contributed by atoms with Gasteiger partial charge in [-0.2, -0.15) is 5.26 Å². The summed E-state index contributed by atoms with van der Waals surface area (Å²) in [4.78, 5) is 22.7. The Morgan fingerprint density at radius 2 is 1.91 bits per heavy atom. The number of ether oxygens (including phenoxy) is 1. The predicted octanol–water partition coefficient (Wildman–Crippen LogP) is 3.11. The van der Waals surface area contributed by atoms with Gasteiger partial charge >= 0.3 is 5.97 Å². The van der Waals surface area contributed by atoms with Gasteiger partial charge in [-0.15, -0.1) is 0 Å². The molecule has 0 spiro atoms. The Morgan fingerprint density at radius 1 is 1.23 bits per heavy atom. The molecule has 0 radical (unpaired) electrons. The summed E-state index contributed by atoms with van der Waals surface area (Å²) >= 11 is 0. The van der Waals surface area contributed by atoms with Crippen LogP contribution in [0.3, 0.4) is 0 Å². The van der Waals surface area contributed by atoms with Crippen molar-refractivity contribution in [2.75, 3.05) is 7.11 Å². The number of esters is 1. The van der Waals surface area contributed by atoms with E-state index in [1.54, 1.807) is 36.4 Å². The molecule has 0 aromatic heterocycles. The first kappa shape index (κ1) is 15.2. The second kappa shape index (κ2) is 6.50. The van der Waals surface area contributed by atoms with Crippen molar-refractivity contribution in [2.45, 2.75) is 6.42 Å². The molecule has 2 rings (SSSR count). The van der Waals surface area contributed by atoms with Crippen molar-refractivity contribution < 1.29 is 14.5 Å². The van der Waals surface area contributed by atoms with E-state index in [1.165, 1.54) is 13.2 Å². The number of hydrogen-bond acceptors (Lipinski definition) is 5. The third-order valence-electron chi connectivity index (χ3n) is 3.19. The number of rotatable bonds is 4. The molecule has 0 bridgehead atoms. The van der Waals surface area contributed by atoms with Gasteiger partial charge in [-0.05, 0) is 12.1 Å². The molecule has 22 heavy (non-hydrogen) atoms. The largest absolute Gasteiger partial charge is 0.465 e. The highest BCUT2D eigenvalue weighted by atomic mass is 16.6. The summed E-state index contributed by atoms with van der Waals surface area (Å²) in [6, 6.07) is 13.1. The molecule has 0 unspecified atom stereocenters. The topological polar surface area (TPSA) is 93.2 Å². The molecule has 0 atom stereocenters. The van der Waals surface area contributed by atoms with Crippen LogP contribution in [0.1, 0.15) is 15.9 Å². The molecule has 0 amide bonds. The highest BCUT2D eigenvalue weighted by Gasteiger charge is 2.23. The fraction of sp³-hybridized carbons (Fsp3) is 0.125. The van der Waals surface area contributed by atoms with Crippen molar-refractivity contribution in [3.8, 4) is 17.2 Å². The maximum absolute atomic E-state index is 11.9. The summed E-state index contributed by atoms with van der Waals surface area (Å²) < 4.78 is 4.72. The maximum Gasteiger partial charge on any atom is 0.338 e. The first-order chi connectivity index (χ1) is 10.6. The summed E-state index contributed by atoms with van der Waals surface area (Å²) in [7, 11) is 1.25. The van der Waals surface area contributed by atoms with Crippen molar-refractivity contribution in [3.63, 3.8) is 0 Å². The van der Waals surface area contributed by atoms with Crippen LogP contribution in [0.2, 0.25) is 0 Å². The smallest absolute Gasteiger partial charge is 0.338 e. The van der Waals surface area contributed by atoms with E-state index < -0.39 is 10.9 Å². The summed E-state index contributed by atoms with van der Waals surface area (Å²) in [6.07, 6.45) is -0.0788. The minimum atomic E-state index is -0.574. The van der Waals surface area contributed by atoms with E-state index in [-0.39, 0.29) is 17.7 Å². The third kappa shape index (κ3) is 2.79. The highest BCUT2D eigenvalue weighted by Crippen LogP contribution is 2.35. The lowest BCUT2D eigenvalue weighted by Crippen LogP contribution is -2.05. The van der Waals surface area contributed by atoms with Gasteiger partial charge < -0.3 is 4.74 Å². The number of carbonyl (C=O) groups excluding carboxylic acids is 1. The van der Waals surface area contributed by atoms with E-state index in [9.17, 15) is 14.9 Å². The number of carbonyl (C=O) groups is 1. The Labute approximate surface area is 126 Å². The van der Waals surface area contributed by atoms with E-state index in [0.717, 1.165) is 0 Å². The van der Waals surface area contributed by atoms with Crippen molar-refractivity contribution >= 4 is 11.7 Å². The standard InChI is InChI=1S/C16H12N2O4/c1-22-16(19)14-7-3-2-6-12(14)13-8-4-5-11(9-10-17)15(13)18(20)21/h2-8H,9H2,1H3. The van der Waals surface area contributed by atoms with Gasteiger partial charge in [-0.3, -0.25) is 10.1 Å². The Bertz CT molecular complexity index is 778. The van der Waals surface area contributed by atoms with Gasteiger partial charge in [-0.1, -0.05) is 30.3 Å². The normalized spacial score (nSPS) is 9.82.